The number of carboxylic acid groups (broad SMARTS) is 1. The second-order valence-electron chi connectivity index (χ2n) is 6.91. The van der Waals surface area contributed by atoms with Crippen molar-refractivity contribution in [3.05, 3.63) is 65.5 Å². The molecular weight excluding hydrogens is 413 g/mol. The van der Waals surface area contributed by atoms with Crippen molar-refractivity contribution in [2.45, 2.75) is 25.3 Å². The molecule has 2 N–H and O–H groups in total. The van der Waals surface area contributed by atoms with Crippen LogP contribution >= 0.6 is 0 Å². The zero-order valence-electron chi connectivity index (χ0n) is 16.1. The van der Waals surface area contributed by atoms with Gasteiger partial charge in [0.15, 0.2) is 0 Å². The Hall–Kier alpha value is -3.27. The van der Waals surface area contributed by atoms with Gasteiger partial charge in [0, 0.05) is 18.5 Å². The Labute approximate surface area is 173 Å². The van der Waals surface area contributed by atoms with Crippen LogP contribution in [0.1, 0.15) is 36.4 Å². The summed E-state index contributed by atoms with van der Waals surface area (Å²) in [6.07, 6.45) is 0.796. The monoisotopic (exact) mass is 433 g/mol. The molecule has 2 aromatic carbocycles. The van der Waals surface area contributed by atoms with Crippen molar-refractivity contribution in [1.82, 2.24) is 5.01 Å². The second kappa shape index (κ2) is 8.62. The van der Waals surface area contributed by atoms with E-state index in [1.54, 1.807) is 30.3 Å². The highest BCUT2D eigenvalue weighted by atomic mass is 32.2. The minimum Gasteiger partial charge on any atom is -0.481 e. The highest BCUT2D eigenvalue weighted by molar-refractivity contribution is 7.92. The Morgan fingerprint density at radius 1 is 1.20 bits per heavy atom. The topological polar surface area (TPSA) is 116 Å². The number of carbonyl (C=O) groups excluding carboxylic acids is 1. The molecule has 0 aliphatic carbocycles. The number of aliphatic carboxylic acids is 1. The first-order valence-corrected chi connectivity index (χ1v) is 11.0. The predicted molar refractivity (Wildman–Crippen MR) is 109 cm³/mol. The van der Waals surface area contributed by atoms with Gasteiger partial charge >= 0.3 is 5.97 Å². The Bertz CT molecular complexity index is 1100. The number of hydrogen-bond donors (Lipinski definition) is 2. The SMILES string of the molecule is CS(=O)(=O)Nc1ccc(C2=NN(C(=O)CCC(=O)O)C(c3cccc(F)c3)C2)cc1. The van der Waals surface area contributed by atoms with E-state index in [1.165, 1.54) is 23.2 Å². The van der Waals surface area contributed by atoms with E-state index in [0.29, 0.717) is 28.9 Å². The third-order valence-corrected chi connectivity index (χ3v) is 5.08. The molecule has 8 nitrogen and oxygen atoms in total. The van der Waals surface area contributed by atoms with Crippen molar-refractivity contribution in [2.24, 2.45) is 5.10 Å². The van der Waals surface area contributed by atoms with E-state index in [1.807, 2.05) is 0 Å². The number of anilines is 1. The number of nitrogens with zero attached hydrogens (tertiary/aromatic N) is 2. The molecule has 0 bridgehead atoms. The molecule has 0 saturated heterocycles. The van der Waals surface area contributed by atoms with Crippen LogP contribution in [0.3, 0.4) is 0 Å². The van der Waals surface area contributed by atoms with Crippen LogP contribution in [0.15, 0.2) is 53.6 Å². The smallest absolute Gasteiger partial charge is 0.303 e. The number of nitrogens with one attached hydrogen (secondary N) is 1. The van der Waals surface area contributed by atoms with Crippen molar-refractivity contribution in [2.75, 3.05) is 11.0 Å². The third-order valence-electron chi connectivity index (χ3n) is 4.47. The average molecular weight is 433 g/mol. The van der Waals surface area contributed by atoms with Crippen LogP contribution in [0, 0.1) is 5.82 Å². The summed E-state index contributed by atoms with van der Waals surface area (Å²) in [5.41, 5.74) is 2.16. The second-order valence-corrected chi connectivity index (χ2v) is 8.65. The first-order valence-electron chi connectivity index (χ1n) is 9.07. The summed E-state index contributed by atoms with van der Waals surface area (Å²) in [6, 6.07) is 11.8. The van der Waals surface area contributed by atoms with E-state index in [9.17, 15) is 22.4 Å². The molecule has 1 aliphatic heterocycles. The summed E-state index contributed by atoms with van der Waals surface area (Å²) < 4.78 is 38.8. The lowest BCUT2D eigenvalue weighted by molar-refractivity contribution is -0.141. The lowest BCUT2D eigenvalue weighted by atomic mass is 9.98. The lowest BCUT2D eigenvalue weighted by Crippen LogP contribution is -2.27. The number of halogens is 1. The maximum absolute atomic E-state index is 13.7. The van der Waals surface area contributed by atoms with Crippen LogP contribution < -0.4 is 4.72 Å². The molecule has 1 unspecified atom stereocenters. The minimum absolute atomic E-state index is 0.227. The molecule has 1 heterocycles. The highest BCUT2D eigenvalue weighted by Crippen LogP contribution is 2.34. The summed E-state index contributed by atoms with van der Waals surface area (Å²) in [6.45, 7) is 0. The fourth-order valence-corrected chi connectivity index (χ4v) is 3.73. The number of amides is 1. The van der Waals surface area contributed by atoms with E-state index in [0.717, 1.165) is 6.26 Å². The number of rotatable bonds is 7. The van der Waals surface area contributed by atoms with Crippen molar-refractivity contribution in [3.63, 3.8) is 0 Å². The van der Waals surface area contributed by atoms with E-state index in [4.69, 9.17) is 5.11 Å². The van der Waals surface area contributed by atoms with Gasteiger partial charge in [-0.2, -0.15) is 5.10 Å². The molecule has 0 aromatic heterocycles. The molecule has 3 rings (SSSR count). The summed E-state index contributed by atoms with van der Waals surface area (Å²) in [7, 11) is -3.41. The molecule has 0 spiro atoms. The normalized spacial score (nSPS) is 16.3. The Kier molecular flexibility index (Phi) is 6.16. The molecule has 2 aromatic rings. The molecule has 0 radical (unpaired) electrons. The summed E-state index contributed by atoms with van der Waals surface area (Å²) in [5, 5.41) is 14.4. The van der Waals surface area contributed by atoms with Crippen molar-refractivity contribution in [3.8, 4) is 0 Å². The van der Waals surface area contributed by atoms with E-state index in [2.05, 4.69) is 9.82 Å². The van der Waals surface area contributed by atoms with E-state index in [-0.39, 0.29) is 12.8 Å². The van der Waals surface area contributed by atoms with Gasteiger partial charge in [-0.25, -0.2) is 17.8 Å². The number of benzene rings is 2. The first-order chi connectivity index (χ1) is 14.1. The average Bonchev–Trinajstić information content (AvgIpc) is 3.11. The highest BCUT2D eigenvalue weighted by Gasteiger charge is 2.33. The summed E-state index contributed by atoms with van der Waals surface area (Å²) in [5.74, 6) is -2.02. The maximum atomic E-state index is 13.7. The Morgan fingerprint density at radius 2 is 1.90 bits per heavy atom. The van der Waals surface area contributed by atoms with Gasteiger partial charge in [0.05, 0.1) is 24.4 Å². The number of hydrogen-bond acceptors (Lipinski definition) is 5. The molecule has 1 aliphatic rings. The lowest BCUT2D eigenvalue weighted by Gasteiger charge is -2.21. The van der Waals surface area contributed by atoms with E-state index < -0.39 is 33.8 Å². The quantitative estimate of drug-likeness (QED) is 0.697. The van der Waals surface area contributed by atoms with Gasteiger partial charge in [-0.3, -0.25) is 14.3 Å². The molecular formula is C20H20FN3O5S. The first kappa shape index (κ1) is 21.4. The van der Waals surface area contributed by atoms with Crippen LogP contribution in [-0.4, -0.2) is 42.4 Å². The van der Waals surface area contributed by atoms with Gasteiger partial charge in [-0.15, -0.1) is 0 Å². The van der Waals surface area contributed by atoms with Crippen molar-refractivity contribution in [1.29, 1.82) is 0 Å². The largest absolute Gasteiger partial charge is 0.481 e. The van der Waals surface area contributed by atoms with Crippen LogP contribution in [0.4, 0.5) is 10.1 Å². The van der Waals surface area contributed by atoms with Crippen molar-refractivity contribution >= 4 is 33.3 Å². The van der Waals surface area contributed by atoms with Gasteiger partial charge in [-0.1, -0.05) is 24.3 Å². The standard InChI is InChI=1S/C20H20FN3O5S/c1-30(28,29)23-16-7-5-13(6-8-16)17-12-18(14-3-2-4-15(21)11-14)24(22-17)19(25)9-10-20(26)27/h2-8,11,18,23H,9-10,12H2,1H3,(H,26,27). The Balaban J connectivity index is 1.88. The number of carboxylic acids is 1. The molecule has 10 heteroatoms. The van der Waals surface area contributed by atoms with Gasteiger partial charge < -0.3 is 5.11 Å². The predicted octanol–water partition coefficient (Wildman–Crippen LogP) is 2.74. The molecule has 0 fully saturated rings. The number of sulfonamides is 1. The maximum Gasteiger partial charge on any atom is 0.303 e. The van der Waals surface area contributed by atoms with Crippen LogP contribution in [0.2, 0.25) is 0 Å². The molecule has 1 atom stereocenters. The molecule has 0 saturated carbocycles. The third kappa shape index (κ3) is 5.41. The van der Waals surface area contributed by atoms with Crippen LogP contribution in [0.25, 0.3) is 0 Å². The van der Waals surface area contributed by atoms with E-state index >= 15 is 0 Å². The molecule has 1 amide bonds. The Morgan fingerprint density at radius 3 is 2.50 bits per heavy atom. The van der Waals surface area contributed by atoms with Gasteiger partial charge in [0.1, 0.15) is 5.82 Å². The van der Waals surface area contributed by atoms with Crippen molar-refractivity contribution < 1.29 is 27.5 Å². The zero-order chi connectivity index (χ0) is 21.9. The number of carbonyl (C=O) groups is 2. The van der Waals surface area contributed by atoms with Gasteiger partial charge in [0.25, 0.3) is 0 Å². The van der Waals surface area contributed by atoms with Gasteiger partial charge in [-0.05, 0) is 35.4 Å². The fourth-order valence-electron chi connectivity index (χ4n) is 3.16. The summed E-state index contributed by atoms with van der Waals surface area (Å²) in [4.78, 5) is 23.4. The summed E-state index contributed by atoms with van der Waals surface area (Å²) >= 11 is 0. The molecule has 158 valence electrons. The minimum atomic E-state index is -3.41. The number of hydrazone groups is 1. The zero-order valence-corrected chi connectivity index (χ0v) is 16.9. The van der Waals surface area contributed by atoms with Crippen LogP contribution in [-0.2, 0) is 19.6 Å². The van der Waals surface area contributed by atoms with Crippen LogP contribution in [0.5, 0.6) is 0 Å². The van der Waals surface area contributed by atoms with Gasteiger partial charge in [0.2, 0.25) is 15.9 Å². The molecule has 30 heavy (non-hydrogen) atoms. The fraction of sp³-hybridized carbons (Fsp3) is 0.250.